The second-order valence-corrected chi connectivity index (χ2v) is 7.78. The quantitative estimate of drug-likeness (QED) is 0.677. The van der Waals surface area contributed by atoms with E-state index in [1.165, 1.54) is 17.0 Å². The van der Waals surface area contributed by atoms with Crippen molar-refractivity contribution in [1.82, 2.24) is 0 Å². The lowest BCUT2D eigenvalue weighted by Gasteiger charge is -2.38. The van der Waals surface area contributed by atoms with E-state index in [2.05, 4.69) is 0 Å². The number of fused-ring (bicyclic) bond motifs is 1. The van der Waals surface area contributed by atoms with Gasteiger partial charge in [0.05, 0.1) is 5.56 Å². The van der Waals surface area contributed by atoms with Gasteiger partial charge in [-0.3, -0.25) is 14.5 Å². The second kappa shape index (κ2) is 7.14. The summed E-state index contributed by atoms with van der Waals surface area (Å²) in [5.74, 6) is 0.270. The molecule has 0 spiro atoms. The van der Waals surface area contributed by atoms with Gasteiger partial charge in [-0.05, 0) is 48.7 Å². The van der Waals surface area contributed by atoms with Gasteiger partial charge in [-0.15, -0.1) is 0 Å². The van der Waals surface area contributed by atoms with Crippen LogP contribution in [0.1, 0.15) is 42.7 Å². The maximum absolute atomic E-state index is 13.2. The van der Waals surface area contributed by atoms with Crippen LogP contribution in [0.3, 0.4) is 0 Å². The number of rotatable bonds is 2. The minimum atomic E-state index is -4.52. The number of anilines is 1. The van der Waals surface area contributed by atoms with Gasteiger partial charge in [0.25, 0.3) is 0 Å². The molecule has 0 aromatic heterocycles. The van der Waals surface area contributed by atoms with Crippen molar-refractivity contribution in [3.63, 3.8) is 0 Å². The summed E-state index contributed by atoms with van der Waals surface area (Å²) in [4.78, 5) is 27.4. The summed E-state index contributed by atoms with van der Waals surface area (Å²) in [7, 11) is 0. The van der Waals surface area contributed by atoms with Gasteiger partial charge in [0.2, 0.25) is 12.7 Å². The second-order valence-electron chi connectivity index (χ2n) is 7.78. The van der Waals surface area contributed by atoms with Crippen LogP contribution in [0.25, 0.3) is 0 Å². The van der Waals surface area contributed by atoms with Gasteiger partial charge in [-0.2, -0.15) is 13.2 Å². The van der Waals surface area contributed by atoms with Crippen LogP contribution in [0.15, 0.2) is 53.7 Å². The monoisotopic (exact) mass is 429 g/mol. The smallest absolute Gasteiger partial charge is 0.416 e. The van der Waals surface area contributed by atoms with Crippen LogP contribution < -0.4 is 14.4 Å². The molecule has 31 heavy (non-hydrogen) atoms. The number of ether oxygens (including phenoxy) is 2. The molecule has 0 N–H and O–H groups in total. The van der Waals surface area contributed by atoms with Crippen LogP contribution in [0.5, 0.6) is 11.5 Å². The molecule has 0 saturated carbocycles. The number of benzene rings is 2. The highest BCUT2D eigenvalue weighted by atomic mass is 19.4. The van der Waals surface area contributed by atoms with E-state index < -0.39 is 17.7 Å². The summed E-state index contributed by atoms with van der Waals surface area (Å²) in [5.41, 5.74) is 1.05. The number of ketones is 1. The number of Topliss-reactive ketones (excluding diaryl/α,β-unsaturated/α-hetero) is 1. The molecule has 2 aromatic carbocycles. The average molecular weight is 429 g/mol. The van der Waals surface area contributed by atoms with E-state index in [0.29, 0.717) is 42.0 Å². The van der Waals surface area contributed by atoms with Crippen molar-refractivity contribution in [1.29, 1.82) is 0 Å². The van der Waals surface area contributed by atoms with Crippen LogP contribution in [0.4, 0.5) is 18.9 Å². The largest absolute Gasteiger partial charge is 0.454 e. The molecule has 5 nitrogen and oxygen atoms in total. The maximum Gasteiger partial charge on any atom is 0.416 e. The number of carbonyl (C=O) groups is 2. The number of carbonyl (C=O) groups excluding carboxylic acids is 2. The molecular weight excluding hydrogens is 411 g/mol. The Balaban J connectivity index is 1.61. The Bertz CT molecular complexity index is 1120. The van der Waals surface area contributed by atoms with Gasteiger partial charge in [0.15, 0.2) is 17.3 Å². The molecule has 2 aliphatic heterocycles. The Labute approximate surface area is 176 Å². The van der Waals surface area contributed by atoms with Crippen LogP contribution in [-0.4, -0.2) is 18.5 Å². The number of allylic oxidation sites excluding steroid dienone is 2. The van der Waals surface area contributed by atoms with Gasteiger partial charge in [-0.25, -0.2) is 0 Å². The summed E-state index contributed by atoms with van der Waals surface area (Å²) >= 11 is 0. The zero-order valence-corrected chi connectivity index (χ0v) is 16.4. The van der Waals surface area contributed by atoms with Crippen LogP contribution in [-0.2, 0) is 15.8 Å². The number of halogens is 3. The average Bonchev–Trinajstić information content (AvgIpc) is 3.20. The lowest BCUT2D eigenvalue weighted by molar-refractivity contribution is -0.137. The maximum atomic E-state index is 13.2. The van der Waals surface area contributed by atoms with E-state index in [-0.39, 0.29) is 30.6 Å². The summed E-state index contributed by atoms with van der Waals surface area (Å²) in [6.45, 7) is 0.110. The van der Waals surface area contributed by atoms with Crippen molar-refractivity contribution in [3.8, 4) is 11.5 Å². The third kappa shape index (κ3) is 3.36. The van der Waals surface area contributed by atoms with E-state index in [1.807, 2.05) is 0 Å². The van der Waals surface area contributed by atoms with Crippen LogP contribution in [0.2, 0.25) is 0 Å². The minimum Gasteiger partial charge on any atom is -0.454 e. The summed E-state index contributed by atoms with van der Waals surface area (Å²) in [6.07, 6.45) is -3.19. The normalized spacial score (nSPS) is 20.9. The fourth-order valence-corrected chi connectivity index (χ4v) is 4.53. The molecule has 160 valence electrons. The fraction of sp³-hybridized carbons (Fsp3) is 0.304. The molecule has 1 atom stereocenters. The predicted molar refractivity (Wildman–Crippen MR) is 105 cm³/mol. The Kier molecular flexibility index (Phi) is 4.53. The summed E-state index contributed by atoms with van der Waals surface area (Å²) < 4.78 is 50.4. The summed E-state index contributed by atoms with van der Waals surface area (Å²) in [6, 6.07) is 9.99. The first-order chi connectivity index (χ1) is 14.8. The van der Waals surface area contributed by atoms with Gasteiger partial charge in [-0.1, -0.05) is 12.1 Å². The van der Waals surface area contributed by atoms with Crippen molar-refractivity contribution >= 4 is 17.4 Å². The Morgan fingerprint density at radius 1 is 0.968 bits per heavy atom. The molecule has 0 saturated heterocycles. The van der Waals surface area contributed by atoms with Crippen LogP contribution in [0, 0.1) is 0 Å². The van der Waals surface area contributed by atoms with E-state index in [9.17, 15) is 22.8 Å². The number of hydrogen-bond donors (Lipinski definition) is 0. The molecule has 5 rings (SSSR count). The molecule has 0 bridgehead atoms. The minimum absolute atomic E-state index is 0.0134. The standard InChI is InChI=1S/C23H18F3NO4/c24-23(25,26)14-3-1-4-15(10-14)27-17-5-2-6-18(28)22(17)16(11-21(27)29)13-7-8-19-20(9-13)31-12-30-19/h1,3-4,7-10,16H,2,5-6,11-12H2. The zero-order valence-electron chi connectivity index (χ0n) is 16.4. The lowest BCUT2D eigenvalue weighted by Crippen LogP contribution is -2.40. The number of alkyl halides is 3. The number of hydrogen-bond acceptors (Lipinski definition) is 4. The van der Waals surface area contributed by atoms with Gasteiger partial charge >= 0.3 is 6.18 Å². The topological polar surface area (TPSA) is 55.8 Å². The zero-order chi connectivity index (χ0) is 21.8. The highest BCUT2D eigenvalue weighted by Gasteiger charge is 2.41. The molecule has 0 radical (unpaired) electrons. The highest BCUT2D eigenvalue weighted by Crippen LogP contribution is 2.46. The van der Waals surface area contributed by atoms with Crippen molar-refractivity contribution in [3.05, 3.63) is 64.9 Å². The third-order valence-electron chi connectivity index (χ3n) is 5.91. The molecule has 1 aliphatic carbocycles. The Morgan fingerprint density at radius 2 is 1.77 bits per heavy atom. The third-order valence-corrected chi connectivity index (χ3v) is 5.91. The van der Waals surface area contributed by atoms with Gasteiger partial charge < -0.3 is 9.47 Å². The Morgan fingerprint density at radius 3 is 2.58 bits per heavy atom. The lowest BCUT2D eigenvalue weighted by atomic mass is 9.77. The number of nitrogens with zero attached hydrogens (tertiary/aromatic N) is 1. The van der Waals surface area contributed by atoms with E-state index >= 15 is 0 Å². The molecule has 8 heteroatoms. The Hall–Kier alpha value is -3.29. The highest BCUT2D eigenvalue weighted by molar-refractivity contribution is 6.07. The first kappa shape index (κ1) is 19.7. The van der Waals surface area contributed by atoms with Gasteiger partial charge in [0.1, 0.15) is 0 Å². The fourth-order valence-electron chi connectivity index (χ4n) is 4.53. The van der Waals surface area contributed by atoms with Crippen LogP contribution >= 0.6 is 0 Å². The molecule has 2 heterocycles. The van der Waals surface area contributed by atoms with Crippen molar-refractivity contribution in [2.75, 3.05) is 11.7 Å². The SMILES string of the molecule is O=C1CCCC2=C1C(c1ccc3c(c1)OCO3)CC(=O)N2c1cccc(C(F)(F)F)c1. The van der Waals surface area contributed by atoms with E-state index in [0.717, 1.165) is 17.7 Å². The summed E-state index contributed by atoms with van der Waals surface area (Å²) in [5, 5.41) is 0. The van der Waals surface area contributed by atoms with E-state index in [4.69, 9.17) is 9.47 Å². The van der Waals surface area contributed by atoms with Crippen molar-refractivity contribution < 1.29 is 32.2 Å². The molecule has 2 aromatic rings. The van der Waals surface area contributed by atoms with Crippen molar-refractivity contribution in [2.24, 2.45) is 0 Å². The molecule has 1 amide bonds. The molecule has 1 unspecified atom stereocenters. The first-order valence-corrected chi connectivity index (χ1v) is 9.99. The first-order valence-electron chi connectivity index (χ1n) is 9.99. The van der Waals surface area contributed by atoms with E-state index in [1.54, 1.807) is 18.2 Å². The van der Waals surface area contributed by atoms with Gasteiger partial charge in [0, 0.05) is 35.7 Å². The molecule has 0 fully saturated rings. The number of amides is 1. The molecular formula is C23H18F3NO4. The predicted octanol–water partition coefficient (Wildman–Crippen LogP) is 4.96. The molecule has 3 aliphatic rings. The van der Waals surface area contributed by atoms with Crippen molar-refractivity contribution in [2.45, 2.75) is 37.8 Å².